The lowest BCUT2D eigenvalue weighted by Gasteiger charge is -2.17. The molecule has 0 spiro atoms. The van der Waals surface area contributed by atoms with E-state index in [9.17, 15) is 18.0 Å². The van der Waals surface area contributed by atoms with Crippen LogP contribution in [0.1, 0.15) is 44.0 Å². The lowest BCUT2D eigenvalue weighted by molar-refractivity contribution is -0.125. The number of carbonyl (C=O) groups is 2. The van der Waals surface area contributed by atoms with Crippen LogP contribution in [0.25, 0.3) is 0 Å². The molecule has 26 heavy (non-hydrogen) atoms. The van der Waals surface area contributed by atoms with Gasteiger partial charge in [0.15, 0.2) is 6.61 Å². The van der Waals surface area contributed by atoms with Gasteiger partial charge < -0.3 is 10.1 Å². The van der Waals surface area contributed by atoms with Crippen molar-refractivity contribution in [3.8, 4) is 0 Å². The van der Waals surface area contributed by atoms with Crippen molar-refractivity contribution in [3.63, 3.8) is 0 Å². The molecule has 2 rings (SSSR count). The molecule has 1 heterocycles. The van der Waals surface area contributed by atoms with E-state index in [4.69, 9.17) is 4.74 Å². The van der Waals surface area contributed by atoms with Crippen molar-refractivity contribution in [1.29, 1.82) is 0 Å². The van der Waals surface area contributed by atoms with Crippen molar-refractivity contribution in [3.05, 3.63) is 29.8 Å². The van der Waals surface area contributed by atoms with Gasteiger partial charge in [0.2, 0.25) is 10.0 Å². The standard InChI is InChI=1S/C18H26N2O5S/c1-13(2)14(3)19-17(21)12-25-18(22)15-7-6-8-16(11-15)26(23,24)20-9-4-5-10-20/h6-8,11,13-14H,4-5,9-10,12H2,1-3H3,(H,19,21). The third kappa shape index (κ3) is 5.04. The topological polar surface area (TPSA) is 92.8 Å². The molecule has 1 N–H and O–H groups in total. The number of rotatable bonds is 7. The minimum atomic E-state index is -3.61. The highest BCUT2D eigenvalue weighted by Crippen LogP contribution is 2.21. The van der Waals surface area contributed by atoms with Gasteiger partial charge in [-0.25, -0.2) is 13.2 Å². The Bertz CT molecular complexity index is 755. The summed E-state index contributed by atoms with van der Waals surface area (Å²) in [4.78, 5) is 24.0. The summed E-state index contributed by atoms with van der Waals surface area (Å²) in [5.41, 5.74) is 0.106. The summed E-state index contributed by atoms with van der Waals surface area (Å²) in [6.45, 7) is 6.40. The van der Waals surface area contributed by atoms with Gasteiger partial charge in [-0.05, 0) is 43.9 Å². The molecule has 1 saturated heterocycles. The molecule has 8 heteroatoms. The number of benzene rings is 1. The fraction of sp³-hybridized carbons (Fsp3) is 0.556. The molecule has 1 aromatic rings. The van der Waals surface area contributed by atoms with Crippen LogP contribution in [-0.4, -0.2) is 50.3 Å². The number of sulfonamides is 1. The van der Waals surface area contributed by atoms with Crippen molar-refractivity contribution >= 4 is 21.9 Å². The number of esters is 1. The minimum Gasteiger partial charge on any atom is -0.452 e. The quantitative estimate of drug-likeness (QED) is 0.726. The Morgan fingerprint density at radius 2 is 1.85 bits per heavy atom. The highest BCUT2D eigenvalue weighted by molar-refractivity contribution is 7.89. The monoisotopic (exact) mass is 382 g/mol. The summed E-state index contributed by atoms with van der Waals surface area (Å²) in [7, 11) is -3.61. The summed E-state index contributed by atoms with van der Waals surface area (Å²) in [6.07, 6.45) is 1.68. The first-order valence-corrected chi connectivity index (χ1v) is 10.2. The Kier molecular flexibility index (Phi) is 6.77. The summed E-state index contributed by atoms with van der Waals surface area (Å²) < 4.78 is 31.6. The van der Waals surface area contributed by atoms with Gasteiger partial charge in [-0.15, -0.1) is 0 Å². The fourth-order valence-electron chi connectivity index (χ4n) is 2.54. The molecule has 1 fully saturated rings. The van der Waals surface area contributed by atoms with Gasteiger partial charge in [-0.2, -0.15) is 4.31 Å². The van der Waals surface area contributed by atoms with E-state index in [1.165, 1.54) is 28.6 Å². The molecule has 0 aliphatic carbocycles. The van der Waals surface area contributed by atoms with Crippen LogP contribution in [0.3, 0.4) is 0 Å². The smallest absolute Gasteiger partial charge is 0.338 e. The van der Waals surface area contributed by atoms with Crippen molar-refractivity contribution in [2.45, 2.75) is 44.6 Å². The lowest BCUT2D eigenvalue weighted by atomic mass is 10.1. The first-order valence-electron chi connectivity index (χ1n) is 8.78. The number of ether oxygens (including phenoxy) is 1. The lowest BCUT2D eigenvalue weighted by Crippen LogP contribution is -2.38. The second kappa shape index (κ2) is 8.64. The van der Waals surface area contributed by atoms with E-state index in [0.29, 0.717) is 13.1 Å². The molecule has 7 nitrogen and oxygen atoms in total. The molecule has 0 aromatic heterocycles. The maximum atomic E-state index is 12.6. The number of amides is 1. The largest absolute Gasteiger partial charge is 0.452 e. The zero-order valence-corrected chi connectivity index (χ0v) is 16.2. The maximum Gasteiger partial charge on any atom is 0.338 e. The Morgan fingerprint density at radius 3 is 2.46 bits per heavy atom. The van der Waals surface area contributed by atoms with Crippen LogP contribution >= 0.6 is 0 Å². The number of hydrogen-bond acceptors (Lipinski definition) is 5. The molecular formula is C18H26N2O5S. The summed E-state index contributed by atoms with van der Waals surface area (Å²) in [5.74, 6) is -0.849. The van der Waals surface area contributed by atoms with Crippen molar-refractivity contribution in [2.24, 2.45) is 5.92 Å². The van der Waals surface area contributed by atoms with Crippen LogP contribution in [0.2, 0.25) is 0 Å². The molecule has 1 amide bonds. The summed E-state index contributed by atoms with van der Waals surface area (Å²) in [6, 6.07) is 5.70. The minimum absolute atomic E-state index is 0.0323. The summed E-state index contributed by atoms with van der Waals surface area (Å²) in [5, 5.41) is 2.74. The Hall–Kier alpha value is -1.93. The zero-order valence-electron chi connectivity index (χ0n) is 15.4. The van der Waals surface area contributed by atoms with Gasteiger partial charge in [0.1, 0.15) is 0 Å². The van der Waals surface area contributed by atoms with E-state index in [2.05, 4.69) is 5.32 Å². The summed E-state index contributed by atoms with van der Waals surface area (Å²) >= 11 is 0. The molecule has 1 aliphatic heterocycles. The van der Waals surface area contributed by atoms with Crippen molar-refractivity contribution in [1.82, 2.24) is 9.62 Å². The second-order valence-corrected chi connectivity index (χ2v) is 8.75. The Morgan fingerprint density at radius 1 is 1.19 bits per heavy atom. The van der Waals surface area contributed by atoms with Crippen LogP contribution < -0.4 is 5.32 Å². The number of hydrogen-bond donors (Lipinski definition) is 1. The van der Waals surface area contributed by atoms with Crippen LogP contribution in [0.15, 0.2) is 29.2 Å². The normalized spacial score (nSPS) is 16.5. The van der Waals surface area contributed by atoms with E-state index in [1.807, 2.05) is 20.8 Å². The fourth-order valence-corrected chi connectivity index (χ4v) is 4.10. The number of nitrogens with one attached hydrogen (secondary N) is 1. The average molecular weight is 382 g/mol. The Balaban J connectivity index is 2.01. The molecule has 0 saturated carbocycles. The first-order chi connectivity index (χ1) is 12.2. The van der Waals surface area contributed by atoms with Gasteiger partial charge in [-0.3, -0.25) is 4.79 Å². The molecule has 0 bridgehead atoms. The van der Waals surface area contributed by atoms with Crippen LogP contribution in [0.4, 0.5) is 0 Å². The van der Waals surface area contributed by atoms with Crippen molar-refractivity contribution in [2.75, 3.05) is 19.7 Å². The first kappa shape index (κ1) is 20.4. The van der Waals surface area contributed by atoms with E-state index in [0.717, 1.165) is 12.8 Å². The third-order valence-electron chi connectivity index (χ3n) is 4.50. The van der Waals surface area contributed by atoms with Crippen LogP contribution in [0.5, 0.6) is 0 Å². The average Bonchev–Trinajstić information content (AvgIpc) is 3.15. The van der Waals surface area contributed by atoms with E-state index in [1.54, 1.807) is 0 Å². The van der Waals surface area contributed by atoms with E-state index < -0.39 is 22.6 Å². The van der Waals surface area contributed by atoms with Gasteiger partial charge in [0.25, 0.3) is 5.91 Å². The third-order valence-corrected chi connectivity index (χ3v) is 6.39. The van der Waals surface area contributed by atoms with Crippen LogP contribution in [-0.2, 0) is 19.6 Å². The number of carbonyl (C=O) groups excluding carboxylic acids is 2. The van der Waals surface area contributed by atoms with Gasteiger partial charge in [0.05, 0.1) is 10.5 Å². The molecule has 1 aromatic carbocycles. The zero-order chi connectivity index (χ0) is 19.3. The van der Waals surface area contributed by atoms with Gasteiger partial charge >= 0.3 is 5.97 Å². The predicted molar refractivity (Wildman–Crippen MR) is 97.2 cm³/mol. The van der Waals surface area contributed by atoms with Crippen molar-refractivity contribution < 1.29 is 22.7 Å². The maximum absolute atomic E-state index is 12.6. The van der Waals surface area contributed by atoms with E-state index >= 15 is 0 Å². The molecule has 1 aliphatic rings. The van der Waals surface area contributed by atoms with Gasteiger partial charge in [-0.1, -0.05) is 19.9 Å². The highest BCUT2D eigenvalue weighted by Gasteiger charge is 2.27. The molecular weight excluding hydrogens is 356 g/mol. The predicted octanol–water partition coefficient (Wildman–Crippen LogP) is 1.79. The van der Waals surface area contributed by atoms with E-state index in [-0.39, 0.29) is 28.3 Å². The molecule has 1 unspecified atom stereocenters. The Labute approximate surface area is 154 Å². The van der Waals surface area contributed by atoms with Gasteiger partial charge in [0, 0.05) is 19.1 Å². The van der Waals surface area contributed by atoms with Crippen LogP contribution in [0, 0.1) is 5.92 Å². The highest BCUT2D eigenvalue weighted by atomic mass is 32.2. The second-order valence-electron chi connectivity index (χ2n) is 6.82. The molecule has 144 valence electrons. The number of nitrogens with zero attached hydrogens (tertiary/aromatic N) is 1. The molecule has 0 radical (unpaired) electrons. The molecule has 1 atom stereocenters. The SMILES string of the molecule is CC(C)C(C)NC(=O)COC(=O)c1cccc(S(=O)(=O)N2CCCC2)c1.